The Labute approximate surface area is 241 Å². The van der Waals surface area contributed by atoms with Crippen LogP contribution in [0.5, 0.6) is 0 Å². The van der Waals surface area contributed by atoms with Crippen LogP contribution in [-0.4, -0.2) is 26.7 Å². The molecule has 38 heavy (non-hydrogen) atoms. The summed E-state index contributed by atoms with van der Waals surface area (Å²) in [5.74, 6) is 0.731. The van der Waals surface area contributed by atoms with Crippen molar-refractivity contribution in [2.75, 3.05) is 0 Å². The minimum atomic E-state index is -2.49. The average molecular weight is 642 g/mol. The van der Waals surface area contributed by atoms with Crippen molar-refractivity contribution in [1.82, 2.24) is 0 Å². The zero-order chi connectivity index (χ0) is 27.9. The molecule has 0 heterocycles. The van der Waals surface area contributed by atoms with Crippen LogP contribution in [0.3, 0.4) is 0 Å². The van der Waals surface area contributed by atoms with E-state index in [-0.39, 0.29) is 5.04 Å². The Morgan fingerprint density at radius 2 is 1.18 bits per heavy atom. The van der Waals surface area contributed by atoms with Crippen LogP contribution in [0.2, 0.25) is 22.8 Å². The van der Waals surface area contributed by atoms with Gasteiger partial charge in [-0.15, -0.1) is 0 Å². The van der Waals surface area contributed by atoms with Crippen molar-refractivity contribution >= 4 is 37.1 Å². The molecule has 0 aromatic heterocycles. The van der Waals surface area contributed by atoms with Gasteiger partial charge in [0.15, 0.2) is 0 Å². The van der Waals surface area contributed by atoms with Crippen molar-refractivity contribution in [2.24, 2.45) is 5.92 Å². The third kappa shape index (κ3) is 9.57. The number of unbranched alkanes of at least 4 members (excludes halogenated alkanes) is 3. The SMILES string of the molecule is CCC[CH2][Sn]([CH2]CCC)([CH2]CCC)[CH2]CC(C)CC=CO[Si](c1ccccc1)(c1ccccc1)C(C)(C)C. The molecule has 0 bridgehead atoms. The molecule has 0 aliphatic carbocycles. The summed E-state index contributed by atoms with van der Waals surface area (Å²) in [6, 6.07) is 22.0. The van der Waals surface area contributed by atoms with E-state index < -0.39 is 26.7 Å². The van der Waals surface area contributed by atoms with Gasteiger partial charge in [0.25, 0.3) is 0 Å². The van der Waals surface area contributed by atoms with E-state index >= 15 is 0 Å². The summed E-state index contributed by atoms with van der Waals surface area (Å²) in [4.78, 5) is 0. The molecule has 212 valence electrons. The van der Waals surface area contributed by atoms with E-state index in [1.807, 2.05) is 0 Å². The van der Waals surface area contributed by atoms with Crippen molar-refractivity contribution < 1.29 is 4.43 Å². The van der Waals surface area contributed by atoms with Crippen LogP contribution in [-0.2, 0) is 4.43 Å². The molecule has 2 aromatic carbocycles. The molecule has 0 N–H and O–H groups in total. The van der Waals surface area contributed by atoms with Gasteiger partial charge < -0.3 is 0 Å². The van der Waals surface area contributed by atoms with Crippen LogP contribution >= 0.6 is 0 Å². The van der Waals surface area contributed by atoms with Gasteiger partial charge in [0.2, 0.25) is 0 Å². The predicted molar refractivity (Wildman–Crippen MR) is 176 cm³/mol. The summed E-state index contributed by atoms with van der Waals surface area (Å²) in [6.45, 7) is 16.7. The second-order valence-corrected chi connectivity index (χ2v) is 31.4. The van der Waals surface area contributed by atoms with E-state index in [0.717, 1.165) is 12.3 Å². The number of benzene rings is 2. The molecular weight excluding hydrogens is 583 g/mol. The van der Waals surface area contributed by atoms with Crippen molar-refractivity contribution in [2.45, 2.75) is 123 Å². The summed E-state index contributed by atoms with van der Waals surface area (Å²) in [5, 5.41) is 2.70. The predicted octanol–water partition coefficient (Wildman–Crippen LogP) is 10.3. The van der Waals surface area contributed by atoms with E-state index in [0.29, 0.717) is 0 Å². The molecule has 0 aliphatic rings. The zero-order valence-corrected chi connectivity index (χ0v) is 29.8. The number of rotatable bonds is 18. The van der Waals surface area contributed by atoms with Crippen molar-refractivity contribution in [1.29, 1.82) is 0 Å². The van der Waals surface area contributed by atoms with Crippen LogP contribution in [0, 0.1) is 5.92 Å². The van der Waals surface area contributed by atoms with Gasteiger partial charge >= 0.3 is 243 Å². The molecule has 2 aromatic rings. The molecule has 1 nitrogen and oxygen atoms in total. The van der Waals surface area contributed by atoms with Crippen LogP contribution < -0.4 is 10.4 Å². The number of hydrogen-bond donors (Lipinski definition) is 0. The molecule has 0 amide bonds. The first-order chi connectivity index (χ1) is 18.2. The Bertz CT molecular complexity index is 841. The molecule has 0 radical (unpaired) electrons. The minimum absolute atomic E-state index is 0.0115. The first-order valence-electron chi connectivity index (χ1n) is 15.7. The summed E-state index contributed by atoms with van der Waals surface area (Å²) in [6.07, 6.45) is 15.5. The van der Waals surface area contributed by atoms with Crippen LogP contribution in [0.4, 0.5) is 0 Å². The summed E-state index contributed by atoms with van der Waals surface area (Å²) < 4.78 is 13.5. The Morgan fingerprint density at radius 1 is 0.737 bits per heavy atom. The molecule has 1 atom stereocenters. The molecular formula is C35H58OSiSn. The molecule has 0 saturated heterocycles. The van der Waals surface area contributed by atoms with Gasteiger partial charge in [-0.1, -0.05) is 0 Å². The molecule has 3 heteroatoms. The average Bonchev–Trinajstić information content (AvgIpc) is 2.92. The molecule has 0 aliphatic heterocycles. The van der Waals surface area contributed by atoms with Gasteiger partial charge in [-0.25, -0.2) is 0 Å². The molecule has 0 spiro atoms. The van der Waals surface area contributed by atoms with E-state index in [2.05, 4.69) is 121 Å². The monoisotopic (exact) mass is 642 g/mol. The Morgan fingerprint density at radius 3 is 1.58 bits per heavy atom. The first kappa shape index (κ1) is 33.2. The van der Waals surface area contributed by atoms with Gasteiger partial charge in [-0.05, 0) is 0 Å². The van der Waals surface area contributed by atoms with E-state index in [4.69, 9.17) is 4.43 Å². The second-order valence-electron chi connectivity index (χ2n) is 12.8. The van der Waals surface area contributed by atoms with Gasteiger partial charge in [0.05, 0.1) is 0 Å². The zero-order valence-electron chi connectivity index (χ0n) is 25.9. The van der Waals surface area contributed by atoms with Crippen molar-refractivity contribution in [3.8, 4) is 0 Å². The molecule has 0 saturated carbocycles. The number of hydrogen-bond acceptors (Lipinski definition) is 1. The van der Waals surface area contributed by atoms with Crippen LogP contribution in [0.15, 0.2) is 73.0 Å². The third-order valence-electron chi connectivity index (χ3n) is 8.65. The third-order valence-corrected chi connectivity index (χ3v) is 29.5. The molecule has 1 unspecified atom stereocenters. The second kappa shape index (κ2) is 17.0. The fraction of sp³-hybridized carbons (Fsp3) is 0.600. The molecule has 2 rings (SSSR count). The van der Waals surface area contributed by atoms with E-state index in [1.165, 1.54) is 55.3 Å². The van der Waals surface area contributed by atoms with Crippen molar-refractivity contribution in [3.05, 3.63) is 73.0 Å². The van der Waals surface area contributed by atoms with Crippen LogP contribution in [0.1, 0.15) is 99.8 Å². The van der Waals surface area contributed by atoms with E-state index in [9.17, 15) is 0 Å². The maximum absolute atomic E-state index is 6.99. The molecule has 0 fully saturated rings. The van der Waals surface area contributed by atoms with Gasteiger partial charge in [0, 0.05) is 0 Å². The summed E-state index contributed by atoms with van der Waals surface area (Å²) >= 11 is -2.04. The normalized spacial score (nSPS) is 13.7. The maximum atomic E-state index is 6.99. The van der Waals surface area contributed by atoms with Gasteiger partial charge in [-0.2, -0.15) is 0 Å². The summed E-state index contributed by atoms with van der Waals surface area (Å²) in [5.41, 5.74) is 0. The number of allylic oxidation sites excluding steroid dienone is 1. The fourth-order valence-electron chi connectivity index (χ4n) is 6.21. The fourth-order valence-corrected chi connectivity index (χ4v) is 27.4. The Balaban J connectivity index is 2.16. The standard InChI is InChI=1S/C23H31OSi.3C4H9.Sn/c1-6-20(2)14-13-19-24-25(23(3,4)5,21-15-9-7-10-16-21)22-17-11-8-12-18-22;3*1-3-4-2;/h7-13,15-20H,1,6,14H2,2-5H3;3*1,3-4H2,2H3;. The van der Waals surface area contributed by atoms with Crippen molar-refractivity contribution in [3.63, 3.8) is 0 Å². The Kier molecular flexibility index (Phi) is 14.8. The van der Waals surface area contributed by atoms with E-state index in [1.54, 1.807) is 17.7 Å². The van der Waals surface area contributed by atoms with Crippen LogP contribution in [0.25, 0.3) is 0 Å². The first-order valence-corrected chi connectivity index (χ1v) is 25.7. The quantitative estimate of drug-likeness (QED) is 0.116. The Hall–Kier alpha value is -1.00. The topological polar surface area (TPSA) is 9.23 Å². The summed E-state index contributed by atoms with van der Waals surface area (Å²) in [7, 11) is -2.49. The van der Waals surface area contributed by atoms with Gasteiger partial charge in [0.1, 0.15) is 0 Å². The van der Waals surface area contributed by atoms with Gasteiger partial charge in [-0.3, -0.25) is 0 Å².